The number of rotatable bonds is 6. The number of primary amides is 1. The second kappa shape index (κ2) is 5.94. The molecule has 0 unspecified atom stereocenters. The molecule has 17 heavy (non-hydrogen) atoms. The van der Waals surface area contributed by atoms with Gasteiger partial charge < -0.3 is 15.7 Å². The van der Waals surface area contributed by atoms with Gasteiger partial charge in [-0.15, -0.1) is 5.10 Å². The summed E-state index contributed by atoms with van der Waals surface area (Å²) in [5, 5.41) is 12.6. The smallest absolute Gasteiger partial charge is 0.288 e. The summed E-state index contributed by atoms with van der Waals surface area (Å²) in [7, 11) is 0. The van der Waals surface area contributed by atoms with E-state index in [0.29, 0.717) is 13.1 Å². The van der Waals surface area contributed by atoms with Crippen LogP contribution in [0.5, 0.6) is 0 Å². The maximum Gasteiger partial charge on any atom is 0.288 e. The molecule has 1 heterocycles. The average molecular weight is 241 g/mol. The summed E-state index contributed by atoms with van der Waals surface area (Å²) in [6, 6.07) is 0. The van der Waals surface area contributed by atoms with Crippen LogP contribution in [0, 0.1) is 0 Å². The number of aliphatic hydroxyl groups excluding tert-OH is 1. The molecule has 0 spiro atoms. The average Bonchev–Trinajstić information content (AvgIpc) is 2.72. The third-order valence-electron chi connectivity index (χ3n) is 2.17. The summed E-state index contributed by atoms with van der Waals surface area (Å²) in [6.07, 6.45) is 1.37. The quantitative estimate of drug-likeness (QED) is 0.611. The van der Waals surface area contributed by atoms with E-state index in [9.17, 15) is 9.59 Å². The Labute approximate surface area is 98.0 Å². The number of hydrogen-bond acceptors (Lipinski definition) is 5. The van der Waals surface area contributed by atoms with Gasteiger partial charge in [0.05, 0.1) is 13.2 Å². The van der Waals surface area contributed by atoms with Crippen LogP contribution in [0.4, 0.5) is 0 Å². The van der Waals surface area contributed by atoms with E-state index in [0.717, 1.165) is 0 Å². The minimum Gasteiger partial charge on any atom is -0.395 e. The lowest BCUT2D eigenvalue weighted by molar-refractivity contribution is -0.129. The number of carbonyl (C=O) groups excluding carboxylic acids is 2. The number of aliphatic hydroxyl groups is 1. The topological polar surface area (TPSA) is 114 Å². The van der Waals surface area contributed by atoms with Gasteiger partial charge >= 0.3 is 0 Å². The van der Waals surface area contributed by atoms with Crippen LogP contribution >= 0.6 is 0 Å². The first-order chi connectivity index (χ1) is 8.04. The minimum absolute atomic E-state index is 0.0541. The highest BCUT2D eigenvalue weighted by atomic mass is 16.3. The van der Waals surface area contributed by atoms with Crippen molar-refractivity contribution in [2.24, 2.45) is 5.73 Å². The third-order valence-corrected chi connectivity index (χ3v) is 2.17. The van der Waals surface area contributed by atoms with E-state index in [1.807, 2.05) is 0 Å². The Morgan fingerprint density at radius 1 is 1.53 bits per heavy atom. The fourth-order valence-electron chi connectivity index (χ4n) is 1.29. The Hall–Kier alpha value is -1.96. The highest BCUT2D eigenvalue weighted by molar-refractivity contribution is 5.88. The normalized spacial score (nSPS) is 10.2. The fourth-order valence-corrected chi connectivity index (χ4v) is 1.29. The maximum absolute atomic E-state index is 11.2. The maximum atomic E-state index is 11.2. The van der Waals surface area contributed by atoms with E-state index < -0.39 is 5.91 Å². The highest BCUT2D eigenvalue weighted by Gasteiger charge is 2.10. The summed E-state index contributed by atoms with van der Waals surface area (Å²) in [5.74, 6) is -0.877. The summed E-state index contributed by atoms with van der Waals surface area (Å²) >= 11 is 0. The number of carbonyl (C=O) groups is 2. The summed E-state index contributed by atoms with van der Waals surface area (Å²) in [6.45, 7) is 2.37. The lowest BCUT2D eigenvalue weighted by atomic mass is 10.4. The molecule has 0 aliphatic heterocycles. The Kier molecular flexibility index (Phi) is 4.58. The van der Waals surface area contributed by atoms with E-state index in [1.165, 1.54) is 22.8 Å². The SMILES string of the molecule is CC(=O)N(CCO)CCn1cnc(C(N)=O)n1. The van der Waals surface area contributed by atoms with Crippen molar-refractivity contribution >= 4 is 11.8 Å². The van der Waals surface area contributed by atoms with Gasteiger partial charge in [0.1, 0.15) is 6.33 Å². The lowest BCUT2D eigenvalue weighted by Crippen LogP contribution is -2.34. The van der Waals surface area contributed by atoms with Crippen LogP contribution in [0.3, 0.4) is 0 Å². The molecule has 1 aromatic rings. The molecule has 0 aliphatic rings. The molecule has 3 N–H and O–H groups in total. The Balaban J connectivity index is 2.53. The molecule has 0 atom stereocenters. The molecule has 2 amide bonds. The monoisotopic (exact) mass is 241 g/mol. The van der Waals surface area contributed by atoms with Crippen molar-refractivity contribution in [2.45, 2.75) is 13.5 Å². The van der Waals surface area contributed by atoms with Gasteiger partial charge in [-0.25, -0.2) is 4.98 Å². The number of hydrogen-bond donors (Lipinski definition) is 2. The van der Waals surface area contributed by atoms with E-state index in [-0.39, 0.29) is 24.9 Å². The van der Waals surface area contributed by atoms with Gasteiger partial charge in [0, 0.05) is 20.0 Å². The van der Waals surface area contributed by atoms with Gasteiger partial charge in [0.25, 0.3) is 5.91 Å². The number of aromatic nitrogens is 3. The zero-order valence-corrected chi connectivity index (χ0v) is 9.54. The first kappa shape index (κ1) is 13.1. The van der Waals surface area contributed by atoms with Crippen molar-refractivity contribution in [3.63, 3.8) is 0 Å². The molecule has 1 aromatic heterocycles. The molecule has 0 saturated carbocycles. The van der Waals surface area contributed by atoms with Crippen LogP contribution in [-0.4, -0.2) is 56.3 Å². The molecular formula is C9H15N5O3. The van der Waals surface area contributed by atoms with Crippen LogP contribution in [0.15, 0.2) is 6.33 Å². The van der Waals surface area contributed by atoms with Gasteiger partial charge in [-0.3, -0.25) is 14.3 Å². The molecule has 0 saturated heterocycles. The third kappa shape index (κ3) is 3.83. The van der Waals surface area contributed by atoms with Gasteiger partial charge in [-0.1, -0.05) is 0 Å². The highest BCUT2D eigenvalue weighted by Crippen LogP contribution is 1.93. The van der Waals surface area contributed by atoms with Crippen molar-refractivity contribution in [1.82, 2.24) is 19.7 Å². The second-order valence-electron chi connectivity index (χ2n) is 3.43. The molecule has 0 aromatic carbocycles. The van der Waals surface area contributed by atoms with E-state index in [2.05, 4.69) is 10.1 Å². The van der Waals surface area contributed by atoms with Crippen molar-refractivity contribution < 1.29 is 14.7 Å². The first-order valence-corrected chi connectivity index (χ1v) is 5.10. The molecule has 94 valence electrons. The molecule has 0 fully saturated rings. The Morgan fingerprint density at radius 3 is 2.71 bits per heavy atom. The van der Waals surface area contributed by atoms with Gasteiger partial charge in [-0.2, -0.15) is 0 Å². The number of amides is 2. The Bertz CT molecular complexity index is 403. The lowest BCUT2D eigenvalue weighted by Gasteiger charge is -2.19. The second-order valence-corrected chi connectivity index (χ2v) is 3.43. The first-order valence-electron chi connectivity index (χ1n) is 5.10. The van der Waals surface area contributed by atoms with Crippen molar-refractivity contribution in [3.05, 3.63) is 12.2 Å². The van der Waals surface area contributed by atoms with Gasteiger partial charge in [0.15, 0.2) is 0 Å². The molecule has 8 nitrogen and oxygen atoms in total. The summed E-state index contributed by atoms with van der Waals surface area (Å²) in [5.41, 5.74) is 5.00. The van der Waals surface area contributed by atoms with Crippen molar-refractivity contribution in [2.75, 3.05) is 19.7 Å². The predicted molar refractivity (Wildman–Crippen MR) is 57.9 cm³/mol. The van der Waals surface area contributed by atoms with Gasteiger partial charge in [0.2, 0.25) is 11.7 Å². The molecule has 1 rings (SSSR count). The van der Waals surface area contributed by atoms with Crippen molar-refractivity contribution in [3.8, 4) is 0 Å². The largest absolute Gasteiger partial charge is 0.395 e. The van der Waals surface area contributed by atoms with Crippen LogP contribution in [0.2, 0.25) is 0 Å². The standard InChI is InChI=1S/C9H15N5O3/c1-7(16)13(4-5-15)2-3-14-6-11-9(12-14)8(10)17/h6,15H,2-5H2,1H3,(H2,10,17). The van der Waals surface area contributed by atoms with Gasteiger partial charge in [-0.05, 0) is 0 Å². The molecule has 0 radical (unpaired) electrons. The van der Waals surface area contributed by atoms with Crippen LogP contribution < -0.4 is 5.73 Å². The molecular weight excluding hydrogens is 226 g/mol. The number of nitrogens with two attached hydrogens (primary N) is 1. The molecule has 8 heteroatoms. The number of nitrogens with zero attached hydrogens (tertiary/aromatic N) is 4. The van der Waals surface area contributed by atoms with Crippen LogP contribution in [0.25, 0.3) is 0 Å². The molecule has 0 bridgehead atoms. The van der Waals surface area contributed by atoms with E-state index in [1.54, 1.807) is 0 Å². The minimum atomic E-state index is -0.692. The zero-order valence-electron chi connectivity index (χ0n) is 9.54. The van der Waals surface area contributed by atoms with Crippen LogP contribution in [0.1, 0.15) is 17.5 Å². The summed E-state index contributed by atoms with van der Waals surface area (Å²) < 4.78 is 1.42. The van der Waals surface area contributed by atoms with E-state index >= 15 is 0 Å². The summed E-state index contributed by atoms with van der Waals surface area (Å²) in [4.78, 5) is 27.1. The predicted octanol–water partition coefficient (Wildman–Crippen LogP) is -1.78. The van der Waals surface area contributed by atoms with E-state index in [4.69, 9.17) is 10.8 Å². The Morgan fingerprint density at radius 2 is 2.24 bits per heavy atom. The van der Waals surface area contributed by atoms with Crippen molar-refractivity contribution in [1.29, 1.82) is 0 Å². The zero-order chi connectivity index (χ0) is 12.8. The van der Waals surface area contributed by atoms with Crippen LogP contribution in [-0.2, 0) is 11.3 Å². The fraction of sp³-hybridized carbons (Fsp3) is 0.556. The molecule has 0 aliphatic carbocycles.